The van der Waals surface area contributed by atoms with Crippen LogP contribution in [0.1, 0.15) is 85.5 Å². The molecule has 3 saturated carbocycles. The maximum Gasteiger partial charge on any atom is 0.303 e. The molecule has 5 fully saturated rings. The Morgan fingerprint density at radius 2 is 1.10 bits per heavy atom. The van der Waals surface area contributed by atoms with Crippen LogP contribution in [0.15, 0.2) is 20.5 Å². The molecule has 20 nitrogen and oxygen atoms in total. The minimum atomic E-state index is -1.27. The van der Waals surface area contributed by atoms with E-state index in [1.165, 1.54) is 12.8 Å². The van der Waals surface area contributed by atoms with E-state index in [1.54, 1.807) is 0 Å². The zero-order valence-electron chi connectivity index (χ0n) is 27.4. The third-order valence-electron chi connectivity index (χ3n) is 9.91. The maximum atomic E-state index is 11.9. The molecule has 20 heteroatoms. The molecule has 0 radical (unpaired) electrons. The summed E-state index contributed by atoms with van der Waals surface area (Å²) in [7, 11) is 0. The number of azide groups is 4. The lowest BCUT2D eigenvalue weighted by Gasteiger charge is -2.45. The van der Waals surface area contributed by atoms with Crippen molar-refractivity contribution in [2.75, 3.05) is 0 Å². The first-order valence-electron chi connectivity index (χ1n) is 16.0. The molecular weight excluding hydrogens is 632 g/mol. The highest BCUT2D eigenvalue weighted by molar-refractivity contribution is 5.67. The van der Waals surface area contributed by atoms with E-state index < -0.39 is 67.0 Å². The van der Waals surface area contributed by atoms with Gasteiger partial charge in [0.2, 0.25) is 0 Å². The molecule has 0 aromatic heterocycles. The third-order valence-corrected chi connectivity index (χ3v) is 9.91. The first-order chi connectivity index (χ1) is 22.9. The van der Waals surface area contributed by atoms with Crippen LogP contribution in [-0.4, -0.2) is 84.3 Å². The number of ether oxygens (including phenoxy) is 5. The van der Waals surface area contributed by atoms with Gasteiger partial charge in [0.15, 0.2) is 18.7 Å². The van der Waals surface area contributed by atoms with Crippen molar-refractivity contribution in [3.8, 4) is 0 Å². The predicted octanol–water partition coefficient (Wildman–Crippen LogP) is 5.94. The van der Waals surface area contributed by atoms with E-state index in [0.717, 1.165) is 39.5 Å². The number of aliphatic hydroxyl groups excluding tert-OH is 1. The quantitative estimate of drug-likeness (QED) is 0.125. The SMILES string of the molecule is CC(=O)O[C@@H]1[C@@H](OC(C)=O)[C@H](N=[N+]=[N-])C[C@H](N=[N+]=[N-])[C@H]1O[C@H]1O[C@H](C2(C)CC2)CC[C@H]1N=[N+]=[N-].CC1([C@@H]2CC[C@@H](N=[N+]=[N-])C(O)O2)CC1. The molecule has 262 valence electrons. The van der Waals surface area contributed by atoms with E-state index in [1.807, 2.05) is 0 Å². The van der Waals surface area contributed by atoms with Crippen LogP contribution < -0.4 is 0 Å². The van der Waals surface area contributed by atoms with Crippen molar-refractivity contribution in [3.05, 3.63) is 41.8 Å². The van der Waals surface area contributed by atoms with Gasteiger partial charge in [0.25, 0.3) is 0 Å². The zero-order chi connectivity index (χ0) is 35.1. The fraction of sp³-hybridized carbons (Fsp3) is 0.929. The summed E-state index contributed by atoms with van der Waals surface area (Å²) < 4.78 is 28.7. The molecule has 0 aromatic rings. The second-order valence-corrected chi connectivity index (χ2v) is 13.5. The van der Waals surface area contributed by atoms with Crippen LogP contribution in [0.2, 0.25) is 0 Å². The molecule has 0 aromatic carbocycles. The van der Waals surface area contributed by atoms with Gasteiger partial charge in [-0.2, -0.15) is 0 Å². The van der Waals surface area contributed by atoms with Crippen molar-refractivity contribution in [1.82, 2.24) is 0 Å². The van der Waals surface area contributed by atoms with Crippen molar-refractivity contribution in [2.24, 2.45) is 31.3 Å². The average Bonchev–Trinajstić information content (AvgIpc) is 3.97. The highest BCUT2D eigenvalue weighted by Crippen LogP contribution is 2.53. The number of aliphatic hydroxyl groups is 1. The van der Waals surface area contributed by atoms with Gasteiger partial charge in [-0.1, -0.05) is 34.3 Å². The molecule has 2 heterocycles. The van der Waals surface area contributed by atoms with Gasteiger partial charge in [-0.25, -0.2) is 0 Å². The van der Waals surface area contributed by atoms with Gasteiger partial charge >= 0.3 is 11.9 Å². The fourth-order valence-corrected chi connectivity index (χ4v) is 6.60. The van der Waals surface area contributed by atoms with Gasteiger partial charge in [-0.05, 0) is 90.7 Å². The van der Waals surface area contributed by atoms with Crippen LogP contribution in [0.25, 0.3) is 41.8 Å². The number of nitrogens with zero attached hydrogens (tertiary/aromatic N) is 12. The van der Waals surface area contributed by atoms with Crippen LogP contribution >= 0.6 is 0 Å². The van der Waals surface area contributed by atoms with Gasteiger partial charge in [-0.3, -0.25) is 9.59 Å². The lowest BCUT2D eigenvalue weighted by atomic mass is 9.84. The van der Waals surface area contributed by atoms with Crippen LogP contribution in [0.5, 0.6) is 0 Å². The Bertz CT molecular complexity index is 1380. The molecule has 1 N–H and O–H groups in total. The van der Waals surface area contributed by atoms with E-state index in [-0.39, 0.29) is 29.5 Å². The highest BCUT2D eigenvalue weighted by atomic mass is 16.7. The number of carbonyl (C=O) groups is 2. The molecule has 5 aliphatic rings. The Morgan fingerprint density at radius 3 is 1.58 bits per heavy atom. The summed E-state index contributed by atoms with van der Waals surface area (Å²) in [5.41, 5.74) is 35.7. The summed E-state index contributed by atoms with van der Waals surface area (Å²) in [6.45, 7) is 6.61. The molecule has 0 amide bonds. The lowest BCUT2D eigenvalue weighted by Crippen LogP contribution is -2.60. The van der Waals surface area contributed by atoms with Gasteiger partial charge in [-0.15, -0.1) is 0 Å². The molecule has 0 bridgehead atoms. The fourth-order valence-electron chi connectivity index (χ4n) is 6.60. The number of rotatable bonds is 10. The summed E-state index contributed by atoms with van der Waals surface area (Å²) >= 11 is 0. The lowest BCUT2D eigenvalue weighted by molar-refractivity contribution is -0.265. The van der Waals surface area contributed by atoms with Crippen LogP contribution in [-0.2, 0) is 33.3 Å². The average molecular weight is 675 g/mol. The molecule has 1 unspecified atom stereocenters. The first kappa shape index (κ1) is 36.8. The van der Waals surface area contributed by atoms with Crippen LogP contribution in [0.3, 0.4) is 0 Å². The monoisotopic (exact) mass is 674 g/mol. The molecule has 11 atom stereocenters. The molecule has 0 spiro atoms. The van der Waals surface area contributed by atoms with Crippen LogP contribution in [0.4, 0.5) is 0 Å². The topological polar surface area (TPSA) is 296 Å². The van der Waals surface area contributed by atoms with E-state index in [0.29, 0.717) is 12.8 Å². The van der Waals surface area contributed by atoms with E-state index >= 15 is 0 Å². The van der Waals surface area contributed by atoms with Gasteiger partial charge in [0.05, 0.1) is 36.4 Å². The molecule has 48 heavy (non-hydrogen) atoms. The molecule has 2 aliphatic heterocycles. The summed E-state index contributed by atoms with van der Waals surface area (Å²) in [5, 5.41) is 24.3. The van der Waals surface area contributed by atoms with Gasteiger partial charge < -0.3 is 28.8 Å². The molecular formula is C28H42N12O8. The first-order valence-corrected chi connectivity index (χ1v) is 16.0. The summed E-state index contributed by atoms with van der Waals surface area (Å²) in [5.74, 6) is -1.40. The number of hydrogen-bond donors (Lipinski definition) is 1. The van der Waals surface area contributed by atoms with Crippen molar-refractivity contribution >= 4 is 11.9 Å². The van der Waals surface area contributed by atoms with E-state index in [4.69, 9.17) is 45.8 Å². The third kappa shape index (κ3) is 9.13. The normalized spacial score (nSPS) is 37.1. The van der Waals surface area contributed by atoms with Gasteiger partial charge in [0.1, 0.15) is 12.2 Å². The highest BCUT2D eigenvalue weighted by Gasteiger charge is 2.53. The van der Waals surface area contributed by atoms with Gasteiger partial charge in [0, 0.05) is 33.5 Å². The maximum absolute atomic E-state index is 11.9. The largest absolute Gasteiger partial charge is 0.458 e. The Balaban J connectivity index is 0.000000307. The van der Waals surface area contributed by atoms with Crippen molar-refractivity contribution in [1.29, 1.82) is 0 Å². The minimum Gasteiger partial charge on any atom is -0.458 e. The summed E-state index contributed by atoms with van der Waals surface area (Å²) in [6.07, 6.45) is 1.64. The number of esters is 2. The summed E-state index contributed by atoms with van der Waals surface area (Å²) in [4.78, 5) is 35.0. The predicted molar refractivity (Wildman–Crippen MR) is 165 cm³/mol. The van der Waals surface area contributed by atoms with E-state index in [9.17, 15) is 14.7 Å². The number of carbonyl (C=O) groups excluding carboxylic acids is 2. The van der Waals surface area contributed by atoms with Crippen molar-refractivity contribution in [3.63, 3.8) is 0 Å². The molecule has 3 aliphatic carbocycles. The molecule has 5 rings (SSSR count). The van der Waals surface area contributed by atoms with E-state index in [2.05, 4.69) is 54.0 Å². The second-order valence-electron chi connectivity index (χ2n) is 13.5. The van der Waals surface area contributed by atoms with Crippen molar-refractivity contribution in [2.45, 2.75) is 153 Å². The zero-order valence-corrected chi connectivity index (χ0v) is 27.4. The minimum absolute atomic E-state index is 0.00186. The molecule has 2 saturated heterocycles. The summed E-state index contributed by atoms with van der Waals surface area (Å²) in [6, 6.07) is -3.01. The standard InChI is InChI=1S/C19H27N9O6.C9H15N3O2/c1-9(29)31-15-12(24-27-21)8-13(25-28-22)16(17(15)32-10(2)30)34-18-11(23-26-20)4-5-14(33-18)19(3)6-7-19;1-9(4-5-9)7-3-2-6(11-12-10)8(13)14-7/h11-18H,4-8H2,1-3H3;6-8,13H,2-5H2,1H3/t11-,12-,13+,14+,15+,16-,17-,18-;6-,7+,8?/m11/s1. The van der Waals surface area contributed by atoms with Crippen LogP contribution in [0, 0.1) is 10.8 Å². The number of hydrogen-bond acceptors (Lipinski definition) is 12. The Labute approximate surface area is 276 Å². The second kappa shape index (κ2) is 15.9. The Kier molecular flexibility index (Phi) is 12.2. The smallest absolute Gasteiger partial charge is 0.303 e. The Hall–Kier alpha value is -3.98. The Morgan fingerprint density at radius 1 is 0.667 bits per heavy atom. The van der Waals surface area contributed by atoms with Crippen molar-refractivity contribution < 1.29 is 38.4 Å².